The lowest BCUT2D eigenvalue weighted by Crippen LogP contribution is -2.21. The fourth-order valence-electron chi connectivity index (χ4n) is 4.66. The molecule has 2 aromatic heterocycles. The van der Waals surface area contributed by atoms with Crippen molar-refractivity contribution in [3.63, 3.8) is 0 Å². The number of anilines is 2. The van der Waals surface area contributed by atoms with Crippen LogP contribution in [0.2, 0.25) is 0 Å². The van der Waals surface area contributed by atoms with Crippen molar-refractivity contribution in [3.05, 3.63) is 71.7 Å². The van der Waals surface area contributed by atoms with Crippen molar-refractivity contribution >= 4 is 38.0 Å². The summed E-state index contributed by atoms with van der Waals surface area (Å²) in [5.41, 5.74) is 10.4. The number of nitrogens with two attached hydrogens (primary N) is 1. The molecule has 0 aliphatic carbocycles. The number of benzene rings is 2. The summed E-state index contributed by atoms with van der Waals surface area (Å²) in [4.78, 5) is 4.40. The predicted molar refractivity (Wildman–Crippen MR) is 148 cm³/mol. The Labute approximate surface area is 228 Å². The first-order valence-electron chi connectivity index (χ1n) is 12.4. The molecule has 1 atom stereocenters. The fraction of sp³-hybridized carbons (Fsp3) is 0.259. The molecule has 210 valence electrons. The Morgan fingerprint density at radius 2 is 1.93 bits per heavy atom. The third-order valence-electron chi connectivity index (χ3n) is 6.65. The Kier molecular flexibility index (Phi) is 7.43. The van der Waals surface area contributed by atoms with E-state index in [1.807, 2.05) is 4.72 Å². The SMILES string of the molecule is CC(Oc1cc(-c2nn(C)c3c(C4=CCCNC4)cnc(N)c23)ccc1NS(=O)(=O)C(F)F)c1ccc(F)cc1. The summed E-state index contributed by atoms with van der Waals surface area (Å²) in [6.07, 6.45) is 4.04. The maximum Gasteiger partial charge on any atom is 0.355 e. The topological polar surface area (TPSA) is 124 Å². The van der Waals surface area contributed by atoms with Crippen LogP contribution in [0, 0.1) is 5.82 Å². The van der Waals surface area contributed by atoms with E-state index in [1.54, 1.807) is 24.9 Å². The average Bonchev–Trinajstić information content (AvgIpc) is 3.28. The smallest absolute Gasteiger partial charge is 0.355 e. The van der Waals surface area contributed by atoms with Gasteiger partial charge in [0.2, 0.25) is 0 Å². The fourth-order valence-corrected chi connectivity index (χ4v) is 5.23. The first-order chi connectivity index (χ1) is 19.0. The summed E-state index contributed by atoms with van der Waals surface area (Å²) in [6, 6.07) is 9.91. The van der Waals surface area contributed by atoms with Gasteiger partial charge in [0, 0.05) is 30.9 Å². The average molecular weight is 573 g/mol. The minimum atomic E-state index is -4.99. The van der Waals surface area contributed by atoms with Crippen LogP contribution < -0.4 is 20.5 Å². The van der Waals surface area contributed by atoms with Crippen molar-refractivity contribution in [2.24, 2.45) is 7.05 Å². The number of hydrogen-bond acceptors (Lipinski definition) is 7. The van der Waals surface area contributed by atoms with E-state index in [-0.39, 0.29) is 17.3 Å². The molecule has 0 saturated heterocycles. The molecular formula is C27H27F3N6O3S. The number of halogens is 3. The lowest BCUT2D eigenvalue weighted by Gasteiger charge is -2.19. The Bertz CT molecular complexity index is 1700. The standard InChI is InChI=1S/C27H27F3N6O3S/c1-15(16-5-8-19(28)9-6-16)39-22-12-17(7-10-21(22)35-40(37,38)27(29)30)24-23-25(36(2)34-24)20(14-33-26(23)31)18-4-3-11-32-13-18/h4-10,12,14-15,27,32,35H,3,11,13H2,1-2H3,(H2,31,33). The molecule has 13 heteroatoms. The zero-order valence-electron chi connectivity index (χ0n) is 21.7. The highest BCUT2D eigenvalue weighted by molar-refractivity contribution is 7.93. The molecule has 1 unspecified atom stereocenters. The predicted octanol–water partition coefficient (Wildman–Crippen LogP) is 4.84. The highest BCUT2D eigenvalue weighted by atomic mass is 32.2. The summed E-state index contributed by atoms with van der Waals surface area (Å²) < 4.78 is 73.4. The minimum absolute atomic E-state index is 0.0285. The van der Waals surface area contributed by atoms with Gasteiger partial charge in [0.1, 0.15) is 29.2 Å². The van der Waals surface area contributed by atoms with Crippen molar-refractivity contribution < 1.29 is 26.3 Å². The zero-order valence-corrected chi connectivity index (χ0v) is 22.5. The number of alkyl halides is 2. The molecule has 1 aliphatic heterocycles. The summed E-state index contributed by atoms with van der Waals surface area (Å²) in [7, 11) is -3.20. The second-order valence-electron chi connectivity index (χ2n) is 9.38. The zero-order chi connectivity index (χ0) is 28.6. The van der Waals surface area contributed by atoms with Crippen molar-refractivity contribution in [2.75, 3.05) is 23.5 Å². The minimum Gasteiger partial charge on any atom is -0.484 e. The first-order valence-corrected chi connectivity index (χ1v) is 14.0. The summed E-state index contributed by atoms with van der Waals surface area (Å²) in [5, 5.41) is 8.62. The summed E-state index contributed by atoms with van der Waals surface area (Å²) >= 11 is 0. The summed E-state index contributed by atoms with van der Waals surface area (Å²) in [6.45, 7) is 3.22. The lowest BCUT2D eigenvalue weighted by molar-refractivity contribution is 0.228. The number of fused-ring (bicyclic) bond motifs is 1. The molecule has 0 bridgehead atoms. The molecule has 0 saturated carbocycles. The van der Waals surface area contributed by atoms with Gasteiger partial charge in [-0.3, -0.25) is 9.40 Å². The number of ether oxygens (including phenoxy) is 1. The number of sulfonamides is 1. The van der Waals surface area contributed by atoms with Crippen molar-refractivity contribution in [2.45, 2.75) is 25.2 Å². The normalized spacial score (nSPS) is 14.8. The van der Waals surface area contributed by atoms with E-state index >= 15 is 0 Å². The van der Waals surface area contributed by atoms with Crippen molar-refractivity contribution in [1.82, 2.24) is 20.1 Å². The van der Waals surface area contributed by atoms with Gasteiger partial charge in [-0.25, -0.2) is 17.8 Å². The van der Waals surface area contributed by atoms with Gasteiger partial charge in [-0.05, 0) is 55.3 Å². The van der Waals surface area contributed by atoms with Gasteiger partial charge in [0.05, 0.1) is 16.6 Å². The number of pyridine rings is 1. The quantitative estimate of drug-likeness (QED) is 0.276. The number of nitrogen functional groups attached to an aromatic ring is 1. The van der Waals surface area contributed by atoms with Gasteiger partial charge in [-0.1, -0.05) is 24.3 Å². The van der Waals surface area contributed by atoms with E-state index in [0.717, 1.165) is 29.6 Å². The third kappa shape index (κ3) is 5.34. The Balaban J connectivity index is 1.63. The van der Waals surface area contributed by atoms with Gasteiger partial charge in [0.25, 0.3) is 10.0 Å². The summed E-state index contributed by atoms with van der Waals surface area (Å²) in [5.74, 6) is -3.87. The molecule has 0 radical (unpaired) electrons. The number of hydrogen-bond donors (Lipinski definition) is 3. The highest BCUT2D eigenvalue weighted by Gasteiger charge is 2.27. The van der Waals surface area contributed by atoms with Gasteiger partial charge < -0.3 is 15.8 Å². The van der Waals surface area contributed by atoms with Crippen LogP contribution in [-0.4, -0.2) is 42.0 Å². The Morgan fingerprint density at radius 1 is 1.18 bits per heavy atom. The van der Waals surface area contributed by atoms with E-state index in [4.69, 9.17) is 15.6 Å². The number of aromatic nitrogens is 3. The molecule has 3 heterocycles. The van der Waals surface area contributed by atoms with Gasteiger partial charge in [-0.15, -0.1) is 0 Å². The van der Waals surface area contributed by atoms with Crippen LogP contribution in [0.15, 0.2) is 54.7 Å². The second kappa shape index (κ2) is 10.8. The Hall–Kier alpha value is -4.10. The van der Waals surface area contributed by atoms with Crippen molar-refractivity contribution in [3.8, 4) is 17.0 Å². The Morgan fingerprint density at radius 3 is 2.60 bits per heavy atom. The molecule has 0 spiro atoms. The molecule has 9 nitrogen and oxygen atoms in total. The lowest BCUT2D eigenvalue weighted by atomic mass is 10.00. The van der Waals surface area contributed by atoms with Crippen LogP contribution in [0.3, 0.4) is 0 Å². The van der Waals surface area contributed by atoms with Gasteiger partial charge in [0.15, 0.2) is 0 Å². The van der Waals surface area contributed by atoms with E-state index in [0.29, 0.717) is 28.8 Å². The molecule has 4 N–H and O–H groups in total. The van der Waals surface area contributed by atoms with Crippen LogP contribution in [0.5, 0.6) is 5.75 Å². The van der Waals surface area contributed by atoms with Crippen LogP contribution >= 0.6 is 0 Å². The van der Waals surface area contributed by atoms with Crippen LogP contribution in [0.4, 0.5) is 24.7 Å². The number of nitrogens with zero attached hydrogens (tertiary/aromatic N) is 3. The molecule has 0 amide bonds. The monoisotopic (exact) mass is 572 g/mol. The van der Waals surface area contributed by atoms with Crippen molar-refractivity contribution in [1.29, 1.82) is 0 Å². The molecule has 1 aliphatic rings. The second-order valence-corrected chi connectivity index (χ2v) is 11.0. The highest BCUT2D eigenvalue weighted by Crippen LogP contribution is 2.39. The maximum atomic E-state index is 13.4. The molecule has 2 aromatic carbocycles. The molecule has 40 heavy (non-hydrogen) atoms. The molecule has 4 aromatic rings. The number of aryl methyl sites for hydroxylation is 1. The molecular weight excluding hydrogens is 545 g/mol. The van der Waals surface area contributed by atoms with E-state index in [1.165, 1.54) is 42.5 Å². The molecule has 5 rings (SSSR count). The third-order valence-corrected chi connectivity index (χ3v) is 7.62. The van der Waals surface area contributed by atoms with E-state index in [2.05, 4.69) is 16.4 Å². The van der Waals surface area contributed by atoms with Crippen LogP contribution in [0.25, 0.3) is 27.7 Å². The number of rotatable bonds is 8. The maximum absolute atomic E-state index is 13.4. The largest absolute Gasteiger partial charge is 0.484 e. The van der Waals surface area contributed by atoms with E-state index in [9.17, 15) is 21.6 Å². The first kappa shape index (κ1) is 27.5. The van der Waals surface area contributed by atoms with E-state index < -0.39 is 27.7 Å². The number of nitrogens with one attached hydrogen (secondary N) is 2. The van der Waals surface area contributed by atoms with Crippen LogP contribution in [0.1, 0.15) is 30.6 Å². The van der Waals surface area contributed by atoms with Gasteiger partial charge in [-0.2, -0.15) is 13.9 Å². The van der Waals surface area contributed by atoms with Crippen LogP contribution in [-0.2, 0) is 17.1 Å². The van der Waals surface area contributed by atoms with Gasteiger partial charge >= 0.3 is 5.76 Å². The molecule has 0 fully saturated rings.